The minimum atomic E-state index is 0.654. The molecule has 5 heteroatoms. The largest absolute Gasteiger partial charge is 0.369 e. The van der Waals surface area contributed by atoms with Gasteiger partial charge in [-0.3, -0.25) is 4.79 Å². The first-order chi connectivity index (χ1) is 10.6. The first-order valence-electron chi connectivity index (χ1n) is 7.35. The molecule has 0 aliphatic carbocycles. The molecule has 2 aromatic rings. The number of hydrogen-bond donors (Lipinski definition) is 1. The van der Waals surface area contributed by atoms with Gasteiger partial charge in [-0.15, -0.1) is 11.3 Å². The van der Waals surface area contributed by atoms with Crippen molar-refractivity contribution in [2.45, 2.75) is 20.3 Å². The second-order valence-corrected chi connectivity index (χ2v) is 7.37. The fraction of sp³-hybridized carbons (Fsp3) is 0.353. The van der Waals surface area contributed by atoms with Gasteiger partial charge in [0.05, 0.1) is 0 Å². The Hall–Kier alpha value is -1.33. The molecule has 1 heterocycles. The molecule has 0 bridgehead atoms. The van der Waals surface area contributed by atoms with E-state index in [1.807, 2.05) is 29.5 Å². The van der Waals surface area contributed by atoms with E-state index < -0.39 is 0 Å². The quantitative estimate of drug-likeness (QED) is 0.555. The highest BCUT2D eigenvalue weighted by molar-refractivity contribution is 9.10. The molecule has 0 radical (unpaired) electrons. The highest BCUT2D eigenvalue weighted by atomic mass is 79.9. The third kappa shape index (κ3) is 4.34. The molecule has 0 fully saturated rings. The smallest absolute Gasteiger partial charge is 0.207 e. The lowest BCUT2D eigenvalue weighted by atomic mass is 10.1. The Bertz CT molecular complexity index is 613. The van der Waals surface area contributed by atoms with Crippen molar-refractivity contribution in [1.82, 2.24) is 5.32 Å². The van der Waals surface area contributed by atoms with E-state index in [2.05, 4.69) is 52.1 Å². The topological polar surface area (TPSA) is 32.3 Å². The Kier molecular flexibility index (Phi) is 6.46. The van der Waals surface area contributed by atoms with Crippen LogP contribution in [0.3, 0.4) is 0 Å². The Labute approximate surface area is 144 Å². The van der Waals surface area contributed by atoms with Crippen LogP contribution in [0.15, 0.2) is 34.8 Å². The second-order valence-electron chi connectivity index (χ2n) is 5.15. The molecule has 0 aliphatic heterocycles. The third-order valence-corrected chi connectivity index (χ3v) is 6.07. The van der Waals surface area contributed by atoms with Gasteiger partial charge in [0.1, 0.15) is 0 Å². The molecule has 1 aromatic heterocycles. The number of anilines is 1. The van der Waals surface area contributed by atoms with Crippen LogP contribution in [-0.2, 0) is 11.2 Å². The number of rotatable bonds is 8. The van der Waals surface area contributed by atoms with E-state index in [1.54, 1.807) is 0 Å². The van der Waals surface area contributed by atoms with Crippen LogP contribution in [0.25, 0.3) is 0 Å². The molecule has 0 spiro atoms. The predicted octanol–water partition coefficient (Wildman–Crippen LogP) is 3.92. The second kappa shape index (κ2) is 8.34. The van der Waals surface area contributed by atoms with Crippen molar-refractivity contribution in [3.63, 3.8) is 0 Å². The number of benzene rings is 1. The maximum absolute atomic E-state index is 10.5. The molecule has 1 amide bonds. The van der Waals surface area contributed by atoms with E-state index in [0.717, 1.165) is 25.9 Å². The summed E-state index contributed by atoms with van der Waals surface area (Å²) in [7, 11) is 0. The summed E-state index contributed by atoms with van der Waals surface area (Å²) in [6, 6.07) is 10.3. The summed E-state index contributed by atoms with van der Waals surface area (Å²) in [6.07, 6.45) is 1.75. The molecule has 0 unspecified atom stereocenters. The van der Waals surface area contributed by atoms with Crippen LogP contribution in [0.2, 0.25) is 0 Å². The Morgan fingerprint density at radius 1 is 1.18 bits per heavy atom. The van der Waals surface area contributed by atoms with E-state index >= 15 is 0 Å². The van der Waals surface area contributed by atoms with Crippen molar-refractivity contribution in [3.05, 3.63) is 50.1 Å². The minimum Gasteiger partial charge on any atom is -0.369 e. The van der Waals surface area contributed by atoms with Crippen LogP contribution >= 0.6 is 27.3 Å². The molecular weight excluding hydrogens is 360 g/mol. The number of nitrogens with zero attached hydrogens (tertiary/aromatic N) is 1. The minimum absolute atomic E-state index is 0.654. The summed E-state index contributed by atoms with van der Waals surface area (Å²) in [4.78, 5) is 15.5. The fourth-order valence-electron chi connectivity index (χ4n) is 2.50. The zero-order valence-corrected chi connectivity index (χ0v) is 15.3. The number of halogens is 1. The molecular formula is C17H21BrN2OS. The van der Waals surface area contributed by atoms with Crippen molar-refractivity contribution in [2.24, 2.45) is 0 Å². The van der Waals surface area contributed by atoms with Gasteiger partial charge in [0.2, 0.25) is 6.41 Å². The molecule has 1 N–H and O–H groups in total. The summed E-state index contributed by atoms with van der Waals surface area (Å²) in [6.45, 7) is 6.72. The van der Waals surface area contributed by atoms with Crippen molar-refractivity contribution in [1.29, 1.82) is 0 Å². The standard InChI is InChI=1S/C17H21BrN2OS/c1-13-16(17(18)14(2)22-13)8-10-20(11-9-19-12-21)15-6-4-3-5-7-15/h3-7,12H,8-11H2,1-2H3,(H,19,21). The van der Waals surface area contributed by atoms with Gasteiger partial charge in [-0.2, -0.15) is 0 Å². The van der Waals surface area contributed by atoms with Gasteiger partial charge in [-0.25, -0.2) is 0 Å². The van der Waals surface area contributed by atoms with Crippen molar-refractivity contribution >= 4 is 39.4 Å². The SMILES string of the molecule is Cc1sc(C)c(CCN(CCNC=O)c2ccccc2)c1Br. The molecule has 118 valence electrons. The van der Waals surface area contributed by atoms with Crippen molar-refractivity contribution < 1.29 is 4.79 Å². The van der Waals surface area contributed by atoms with Crippen LogP contribution in [-0.4, -0.2) is 26.0 Å². The van der Waals surface area contributed by atoms with Gasteiger partial charge in [0.25, 0.3) is 0 Å². The number of carbonyl (C=O) groups excluding carboxylic acids is 1. The summed E-state index contributed by atoms with van der Waals surface area (Å²) in [5, 5.41) is 2.74. The summed E-state index contributed by atoms with van der Waals surface area (Å²) < 4.78 is 1.24. The Morgan fingerprint density at radius 2 is 1.91 bits per heavy atom. The van der Waals surface area contributed by atoms with Gasteiger partial charge in [0.15, 0.2) is 0 Å². The lowest BCUT2D eigenvalue weighted by Gasteiger charge is -2.25. The number of carbonyl (C=O) groups is 1. The number of hydrogen-bond acceptors (Lipinski definition) is 3. The van der Waals surface area contributed by atoms with Gasteiger partial charge >= 0.3 is 0 Å². The fourth-order valence-corrected chi connectivity index (χ4v) is 4.37. The number of thiophene rings is 1. The highest BCUT2D eigenvalue weighted by Crippen LogP contribution is 2.32. The van der Waals surface area contributed by atoms with Crippen LogP contribution in [0.4, 0.5) is 5.69 Å². The Morgan fingerprint density at radius 3 is 2.50 bits per heavy atom. The van der Waals surface area contributed by atoms with Crippen LogP contribution in [0, 0.1) is 13.8 Å². The Balaban J connectivity index is 2.07. The first-order valence-corrected chi connectivity index (χ1v) is 8.95. The predicted molar refractivity (Wildman–Crippen MR) is 97.9 cm³/mol. The molecule has 0 saturated heterocycles. The number of amides is 1. The van der Waals surface area contributed by atoms with Crippen molar-refractivity contribution in [3.8, 4) is 0 Å². The van der Waals surface area contributed by atoms with Gasteiger partial charge < -0.3 is 10.2 Å². The first kappa shape index (κ1) is 17.0. The molecule has 1 aromatic carbocycles. The maximum Gasteiger partial charge on any atom is 0.207 e. The highest BCUT2D eigenvalue weighted by Gasteiger charge is 2.13. The van der Waals surface area contributed by atoms with Gasteiger partial charge in [-0.1, -0.05) is 18.2 Å². The molecule has 0 atom stereocenters. The lowest BCUT2D eigenvalue weighted by Crippen LogP contribution is -2.33. The van der Waals surface area contributed by atoms with E-state index in [4.69, 9.17) is 0 Å². The number of aryl methyl sites for hydroxylation is 2. The summed E-state index contributed by atoms with van der Waals surface area (Å²) in [5.74, 6) is 0. The average molecular weight is 381 g/mol. The third-order valence-electron chi connectivity index (χ3n) is 3.67. The number of para-hydroxylation sites is 1. The molecule has 3 nitrogen and oxygen atoms in total. The van der Waals surface area contributed by atoms with Gasteiger partial charge in [0, 0.05) is 39.5 Å². The normalized spacial score (nSPS) is 10.5. The monoisotopic (exact) mass is 380 g/mol. The van der Waals surface area contributed by atoms with Crippen LogP contribution < -0.4 is 10.2 Å². The van der Waals surface area contributed by atoms with Crippen LogP contribution in [0.1, 0.15) is 15.3 Å². The van der Waals surface area contributed by atoms with E-state index in [9.17, 15) is 4.79 Å². The maximum atomic E-state index is 10.5. The van der Waals surface area contributed by atoms with Crippen LogP contribution in [0.5, 0.6) is 0 Å². The van der Waals surface area contributed by atoms with E-state index in [0.29, 0.717) is 6.54 Å². The van der Waals surface area contributed by atoms with Crippen molar-refractivity contribution in [2.75, 3.05) is 24.5 Å². The van der Waals surface area contributed by atoms with Gasteiger partial charge in [-0.05, 0) is 53.9 Å². The molecule has 2 rings (SSSR count). The molecule has 0 aliphatic rings. The van der Waals surface area contributed by atoms with E-state index in [1.165, 1.54) is 25.5 Å². The lowest BCUT2D eigenvalue weighted by molar-refractivity contribution is -0.109. The molecule has 0 saturated carbocycles. The summed E-state index contributed by atoms with van der Waals surface area (Å²) >= 11 is 5.55. The molecule has 22 heavy (non-hydrogen) atoms. The zero-order valence-electron chi connectivity index (χ0n) is 12.9. The summed E-state index contributed by atoms with van der Waals surface area (Å²) in [5.41, 5.74) is 2.59. The van der Waals surface area contributed by atoms with E-state index in [-0.39, 0.29) is 0 Å². The zero-order chi connectivity index (χ0) is 15.9. The average Bonchev–Trinajstić information content (AvgIpc) is 2.77. The number of nitrogens with one attached hydrogen (secondary N) is 1.